The van der Waals surface area contributed by atoms with Gasteiger partial charge in [-0.1, -0.05) is 6.08 Å². The first-order valence-electron chi connectivity index (χ1n) is 9.45. The number of likely N-dealkylation sites (tertiary alicyclic amines) is 1. The summed E-state index contributed by atoms with van der Waals surface area (Å²) in [6.45, 7) is 7.32. The van der Waals surface area contributed by atoms with Crippen molar-refractivity contribution < 1.29 is 4.79 Å². The van der Waals surface area contributed by atoms with Crippen molar-refractivity contribution in [1.29, 1.82) is 0 Å². The molecule has 0 spiro atoms. The average molecular weight is 363 g/mol. The summed E-state index contributed by atoms with van der Waals surface area (Å²) in [6.07, 6.45) is 10.5. The molecule has 1 amide bonds. The van der Waals surface area contributed by atoms with Crippen molar-refractivity contribution in [3.63, 3.8) is 0 Å². The Morgan fingerprint density at radius 1 is 1.44 bits per heavy atom. The van der Waals surface area contributed by atoms with Crippen LogP contribution in [0.25, 0.3) is 0 Å². The summed E-state index contributed by atoms with van der Waals surface area (Å²) < 4.78 is 2.00. The lowest BCUT2D eigenvalue weighted by Crippen LogP contribution is -2.36. The monoisotopic (exact) mass is 362 g/mol. The fourth-order valence-corrected chi connectivity index (χ4v) is 4.33. The maximum absolute atomic E-state index is 12.9. The molecule has 1 fully saturated rings. The third-order valence-electron chi connectivity index (χ3n) is 5.20. The topological polar surface area (TPSA) is 50.2 Å². The molecule has 1 aromatic rings. The maximum Gasteiger partial charge on any atom is 0.274 e. The number of rotatable bonds is 8. The highest BCUT2D eigenvalue weighted by atomic mass is 32.2. The number of hydrogen-bond donors (Lipinski definition) is 1. The fourth-order valence-electron chi connectivity index (χ4n) is 3.90. The van der Waals surface area contributed by atoms with Crippen molar-refractivity contribution >= 4 is 17.7 Å². The van der Waals surface area contributed by atoms with Crippen molar-refractivity contribution in [2.75, 3.05) is 31.6 Å². The van der Waals surface area contributed by atoms with Crippen LogP contribution in [0.5, 0.6) is 0 Å². The number of carbonyl (C=O) groups excluding carboxylic acids is 1. The molecular formula is C19H30N4OS. The zero-order chi connectivity index (χ0) is 17.6. The van der Waals surface area contributed by atoms with Crippen molar-refractivity contribution in [2.45, 2.75) is 51.1 Å². The van der Waals surface area contributed by atoms with E-state index in [1.165, 1.54) is 23.4 Å². The van der Waals surface area contributed by atoms with Crippen LogP contribution in [0.1, 0.15) is 47.4 Å². The number of allylic oxidation sites excluding steroid dienone is 1. The van der Waals surface area contributed by atoms with Crippen LogP contribution in [0, 0.1) is 0 Å². The Labute approximate surface area is 155 Å². The lowest BCUT2D eigenvalue weighted by Gasteiger charge is -2.25. The Kier molecular flexibility index (Phi) is 6.59. The second-order valence-corrected chi connectivity index (χ2v) is 7.97. The number of amides is 1. The Balaban J connectivity index is 1.75. The first-order valence-corrected chi connectivity index (χ1v) is 10.8. The number of aromatic nitrogens is 2. The summed E-state index contributed by atoms with van der Waals surface area (Å²) >= 11 is 1.89. The van der Waals surface area contributed by atoms with Crippen molar-refractivity contribution in [1.82, 2.24) is 20.0 Å². The van der Waals surface area contributed by atoms with Crippen LogP contribution in [-0.4, -0.2) is 58.3 Å². The molecule has 0 saturated carbocycles. The second-order valence-electron chi connectivity index (χ2n) is 6.98. The first-order chi connectivity index (χ1) is 12.2. The highest BCUT2D eigenvalue weighted by molar-refractivity contribution is 7.98. The van der Waals surface area contributed by atoms with E-state index in [0.717, 1.165) is 51.7 Å². The van der Waals surface area contributed by atoms with E-state index in [4.69, 9.17) is 5.10 Å². The van der Waals surface area contributed by atoms with E-state index < -0.39 is 0 Å². The van der Waals surface area contributed by atoms with Gasteiger partial charge in [0.05, 0.1) is 6.54 Å². The molecule has 25 heavy (non-hydrogen) atoms. The van der Waals surface area contributed by atoms with Crippen LogP contribution < -0.4 is 5.32 Å². The molecule has 5 nitrogen and oxygen atoms in total. The molecule has 3 rings (SSSR count). The van der Waals surface area contributed by atoms with E-state index in [2.05, 4.69) is 18.2 Å². The summed E-state index contributed by atoms with van der Waals surface area (Å²) in [5, 5.41) is 8.37. The van der Waals surface area contributed by atoms with Gasteiger partial charge in [0.1, 0.15) is 0 Å². The highest BCUT2D eigenvalue weighted by Crippen LogP contribution is 2.27. The SMILES string of the molecule is C=CCn1nc(C(=O)N2CCCC2)c2c1CCC(NCCCSC)C2. The van der Waals surface area contributed by atoms with Crippen LogP contribution >= 0.6 is 11.8 Å². The quantitative estimate of drug-likeness (QED) is 0.570. The molecular weight excluding hydrogens is 332 g/mol. The molecule has 1 unspecified atom stereocenters. The minimum absolute atomic E-state index is 0.125. The van der Waals surface area contributed by atoms with Crippen LogP contribution in [0.4, 0.5) is 0 Å². The Morgan fingerprint density at radius 2 is 2.24 bits per heavy atom. The van der Waals surface area contributed by atoms with Gasteiger partial charge in [-0.3, -0.25) is 9.48 Å². The molecule has 2 aliphatic rings. The third kappa shape index (κ3) is 4.29. The van der Waals surface area contributed by atoms with E-state index in [0.29, 0.717) is 18.3 Å². The number of nitrogens with one attached hydrogen (secondary N) is 1. The van der Waals surface area contributed by atoms with Gasteiger partial charge in [-0.15, -0.1) is 6.58 Å². The lowest BCUT2D eigenvalue weighted by molar-refractivity contribution is 0.0785. The summed E-state index contributed by atoms with van der Waals surface area (Å²) in [6, 6.07) is 0.459. The Bertz CT molecular complexity index is 607. The fraction of sp³-hybridized carbons (Fsp3) is 0.684. The molecule has 1 saturated heterocycles. The molecule has 1 N–H and O–H groups in total. The molecule has 1 aromatic heterocycles. The summed E-state index contributed by atoms with van der Waals surface area (Å²) in [4.78, 5) is 14.9. The summed E-state index contributed by atoms with van der Waals surface area (Å²) in [5.41, 5.74) is 3.10. The van der Waals surface area contributed by atoms with E-state index >= 15 is 0 Å². The van der Waals surface area contributed by atoms with Gasteiger partial charge < -0.3 is 10.2 Å². The second kappa shape index (κ2) is 8.90. The van der Waals surface area contributed by atoms with E-state index in [1.807, 2.05) is 27.4 Å². The van der Waals surface area contributed by atoms with Crippen LogP contribution in [0.15, 0.2) is 12.7 Å². The van der Waals surface area contributed by atoms with Crippen molar-refractivity contribution in [3.05, 3.63) is 29.6 Å². The largest absolute Gasteiger partial charge is 0.337 e. The van der Waals surface area contributed by atoms with Gasteiger partial charge >= 0.3 is 0 Å². The van der Waals surface area contributed by atoms with Crippen molar-refractivity contribution in [2.24, 2.45) is 0 Å². The third-order valence-corrected chi connectivity index (χ3v) is 5.90. The Morgan fingerprint density at radius 3 is 2.96 bits per heavy atom. The smallest absolute Gasteiger partial charge is 0.274 e. The predicted molar refractivity (Wildman–Crippen MR) is 104 cm³/mol. The molecule has 2 heterocycles. The van der Waals surface area contributed by atoms with Gasteiger partial charge in [-0.25, -0.2) is 0 Å². The number of hydrogen-bond acceptors (Lipinski definition) is 4. The molecule has 1 atom stereocenters. The number of nitrogens with zero attached hydrogens (tertiary/aromatic N) is 3. The average Bonchev–Trinajstić information content (AvgIpc) is 3.27. The number of carbonyl (C=O) groups is 1. The van der Waals surface area contributed by atoms with Gasteiger partial charge in [-0.2, -0.15) is 16.9 Å². The van der Waals surface area contributed by atoms with Gasteiger partial charge in [0.15, 0.2) is 5.69 Å². The zero-order valence-corrected chi connectivity index (χ0v) is 16.1. The zero-order valence-electron chi connectivity index (χ0n) is 15.3. The van der Waals surface area contributed by atoms with Gasteiger partial charge in [0, 0.05) is 30.4 Å². The van der Waals surface area contributed by atoms with E-state index in [-0.39, 0.29) is 5.91 Å². The predicted octanol–water partition coefficient (Wildman–Crippen LogP) is 2.51. The Hall–Kier alpha value is -1.27. The normalized spacial score (nSPS) is 19.9. The molecule has 138 valence electrons. The van der Waals surface area contributed by atoms with Gasteiger partial charge in [-0.05, 0) is 57.1 Å². The summed E-state index contributed by atoms with van der Waals surface area (Å²) in [7, 11) is 0. The molecule has 0 aromatic carbocycles. The molecule has 6 heteroatoms. The molecule has 0 bridgehead atoms. The molecule has 1 aliphatic carbocycles. The first kappa shape index (κ1) is 18.5. The number of fused-ring (bicyclic) bond motifs is 1. The highest BCUT2D eigenvalue weighted by Gasteiger charge is 2.31. The minimum atomic E-state index is 0.125. The van der Waals surface area contributed by atoms with E-state index in [1.54, 1.807) is 0 Å². The van der Waals surface area contributed by atoms with Gasteiger partial charge in [0.2, 0.25) is 0 Å². The van der Waals surface area contributed by atoms with E-state index in [9.17, 15) is 4.79 Å². The standard InChI is InChI=1S/C19H30N4OS/c1-3-10-23-17-8-7-15(20-9-6-13-25-2)14-16(17)18(21-23)19(24)22-11-4-5-12-22/h3,15,20H,1,4-14H2,2H3. The molecule has 1 aliphatic heterocycles. The number of thioether (sulfide) groups is 1. The van der Waals surface area contributed by atoms with Crippen LogP contribution in [0.3, 0.4) is 0 Å². The van der Waals surface area contributed by atoms with Crippen molar-refractivity contribution in [3.8, 4) is 0 Å². The van der Waals surface area contributed by atoms with Crippen LogP contribution in [-0.2, 0) is 19.4 Å². The lowest BCUT2D eigenvalue weighted by atomic mass is 9.91. The van der Waals surface area contributed by atoms with Gasteiger partial charge in [0.25, 0.3) is 5.91 Å². The van der Waals surface area contributed by atoms with Crippen LogP contribution in [0.2, 0.25) is 0 Å². The minimum Gasteiger partial charge on any atom is -0.337 e. The summed E-state index contributed by atoms with van der Waals surface area (Å²) in [5.74, 6) is 1.32. The maximum atomic E-state index is 12.9. The molecule has 0 radical (unpaired) electrons.